The molecule has 1 fully saturated rings. The molecule has 0 radical (unpaired) electrons. The number of aromatic carboxylic acids is 1. The van der Waals surface area contributed by atoms with Crippen molar-refractivity contribution in [1.82, 2.24) is 0 Å². The van der Waals surface area contributed by atoms with E-state index in [1.54, 1.807) is 24.7 Å². The Hall–Kier alpha value is -2.43. The Kier molecular flexibility index (Phi) is 3.71. The Balaban J connectivity index is 1.80. The van der Waals surface area contributed by atoms with Crippen LogP contribution < -0.4 is 9.80 Å². The number of fused-ring (bicyclic) bond motifs is 1. The van der Waals surface area contributed by atoms with Gasteiger partial charge in [0.05, 0.1) is 29.5 Å². The van der Waals surface area contributed by atoms with Crippen molar-refractivity contribution in [2.24, 2.45) is 0 Å². The van der Waals surface area contributed by atoms with Crippen LogP contribution >= 0.6 is 0 Å². The highest BCUT2D eigenvalue weighted by Gasteiger charge is 2.39. The van der Waals surface area contributed by atoms with Crippen molar-refractivity contribution in [3.8, 4) is 0 Å². The third-order valence-electron chi connectivity index (χ3n) is 5.32. The molecule has 4 rings (SSSR count). The third kappa shape index (κ3) is 2.35. The number of furan rings is 1. The van der Waals surface area contributed by atoms with E-state index >= 15 is 0 Å². The standard InChI is InChI=1S/C19H22N2O3/c1-20-17-11-13(19(22)23)7-8-16(17)21(15-5-3-2-4-6-15)18(20)14-9-10-24-12-14/h7-12,15,18H,2-6H2,1H3,(H,22,23). The van der Waals surface area contributed by atoms with E-state index in [1.807, 2.05) is 19.2 Å². The van der Waals surface area contributed by atoms with Gasteiger partial charge in [-0.3, -0.25) is 0 Å². The second-order valence-corrected chi connectivity index (χ2v) is 6.75. The van der Waals surface area contributed by atoms with Gasteiger partial charge in [-0.15, -0.1) is 0 Å². The van der Waals surface area contributed by atoms with Crippen LogP contribution in [-0.4, -0.2) is 24.2 Å². The number of hydrogen-bond donors (Lipinski definition) is 1. The molecule has 2 aromatic rings. The first-order valence-electron chi connectivity index (χ1n) is 8.57. The van der Waals surface area contributed by atoms with Gasteiger partial charge in [0.1, 0.15) is 6.17 Å². The Morgan fingerprint density at radius 1 is 1.17 bits per heavy atom. The van der Waals surface area contributed by atoms with Crippen LogP contribution in [0.25, 0.3) is 0 Å². The van der Waals surface area contributed by atoms with Gasteiger partial charge in [0, 0.05) is 18.7 Å². The fourth-order valence-electron chi connectivity index (χ4n) is 4.17. The second kappa shape index (κ2) is 5.89. The lowest BCUT2D eigenvalue weighted by atomic mass is 9.93. The Morgan fingerprint density at radius 2 is 1.96 bits per heavy atom. The monoisotopic (exact) mass is 326 g/mol. The molecule has 0 saturated heterocycles. The molecular formula is C19H22N2O3. The van der Waals surface area contributed by atoms with E-state index in [2.05, 4.69) is 9.80 Å². The van der Waals surface area contributed by atoms with Crippen LogP contribution in [0.1, 0.15) is 54.2 Å². The molecule has 1 aliphatic heterocycles. The van der Waals surface area contributed by atoms with Crippen LogP contribution in [0.3, 0.4) is 0 Å². The lowest BCUT2D eigenvalue weighted by molar-refractivity contribution is 0.0697. The number of nitrogens with zero attached hydrogens (tertiary/aromatic N) is 2. The molecule has 5 nitrogen and oxygen atoms in total. The molecule has 1 aliphatic carbocycles. The molecule has 2 heterocycles. The summed E-state index contributed by atoms with van der Waals surface area (Å²) >= 11 is 0. The van der Waals surface area contributed by atoms with E-state index in [0.29, 0.717) is 11.6 Å². The molecular weight excluding hydrogens is 304 g/mol. The van der Waals surface area contributed by atoms with Gasteiger partial charge in [-0.2, -0.15) is 0 Å². The van der Waals surface area contributed by atoms with Crippen molar-refractivity contribution >= 4 is 17.3 Å². The maximum atomic E-state index is 11.4. The van der Waals surface area contributed by atoms with Gasteiger partial charge in [-0.25, -0.2) is 4.79 Å². The van der Waals surface area contributed by atoms with Crippen LogP contribution in [0.5, 0.6) is 0 Å². The summed E-state index contributed by atoms with van der Waals surface area (Å²) in [6.07, 6.45) is 9.74. The van der Waals surface area contributed by atoms with E-state index in [0.717, 1.165) is 16.9 Å². The molecule has 0 spiro atoms. The zero-order valence-corrected chi connectivity index (χ0v) is 13.8. The van der Waals surface area contributed by atoms with Gasteiger partial charge in [0.15, 0.2) is 0 Å². The average molecular weight is 326 g/mol. The van der Waals surface area contributed by atoms with Gasteiger partial charge in [-0.1, -0.05) is 19.3 Å². The van der Waals surface area contributed by atoms with Crippen molar-refractivity contribution in [2.45, 2.75) is 44.3 Å². The lowest BCUT2D eigenvalue weighted by Crippen LogP contribution is -2.41. The summed E-state index contributed by atoms with van der Waals surface area (Å²) in [5, 5.41) is 9.32. The number of carboxylic acids is 1. The predicted octanol–water partition coefficient (Wildman–Crippen LogP) is 4.27. The van der Waals surface area contributed by atoms with Crippen molar-refractivity contribution < 1.29 is 14.3 Å². The van der Waals surface area contributed by atoms with E-state index in [4.69, 9.17) is 4.42 Å². The maximum absolute atomic E-state index is 11.4. The zero-order valence-electron chi connectivity index (χ0n) is 13.8. The molecule has 0 bridgehead atoms. The highest BCUT2D eigenvalue weighted by Crippen LogP contribution is 2.48. The van der Waals surface area contributed by atoms with Crippen molar-refractivity contribution in [2.75, 3.05) is 16.8 Å². The summed E-state index contributed by atoms with van der Waals surface area (Å²) in [7, 11) is 2.03. The number of benzene rings is 1. The molecule has 2 aliphatic rings. The number of carbonyl (C=O) groups is 1. The molecule has 1 unspecified atom stereocenters. The van der Waals surface area contributed by atoms with Gasteiger partial charge < -0.3 is 19.3 Å². The summed E-state index contributed by atoms with van der Waals surface area (Å²) in [5.41, 5.74) is 3.54. The van der Waals surface area contributed by atoms with Crippen LogP contribution in [0.15, 0.2) is 41.2 Å². The van der Waals surface area contributed by atoms with Crippen molar-refractivity contribution in [1.29, 1.82) is 0 Å². The van der Waals surface area contributed by atoms with Crippen LogP contribution in [-0.2, 0) is 0 Å². The lowest BCUT2D eigenvalue weighted by Gasteiger charge is -2.38. The number of rotatable bonds is 3. The Morgan fingerprint density at radius 3 is 2.62 bits per heavy atom. The molecule has 24 heavy (non-hydrogen) atoms. The summed E-state index contributed by atoms with van der Waals surface area (Å²) in [4.78, 5) is 16.0. The molecule has 1 saturated carbocycles. The van der Waals surface area contributed by atoms with Crippen LogP contribution in [0.2, 0.25) is 0 Å². The minimum Gasteiger partial charge on any atom is -0.478 e. The first-order valence-corrected chi connectivity index (χ1v) is 8.57. The highest BCUT2D eigenvalue weighted by molar-refractivity contribution is 5.92. The van der Waals surface area contributed by atoms with Gasteiger partial charge in [-0.05, 0) is 37.1 Å². The first kappa shape index (κ1) is 15.1. The third-order valence-corrected chi connectivity index (χ3v) is 5.32. The Bertz CT molecular complexity index is 735. The SMILES string of the molecule is CN1c2cc(C(=O)O)ccc2N(C2CCCCC2)C1c1ccoc1. The fourth-order valence-corrected chi connectivity index (χ4v) is 4.17. The quantitative estimate of drug-likeness (QED) is 0.913. The maximum Gasteiger partial charge on any atom is 0.335 e. The van der Waals surface area contributed by atoms with E-state index in [9.17, 15) is 9.90 Å². The van der Waals surface area contributed by atoms with Crippen molar-refractivity contribution in [3.63, 3.8) is 0 Å². The second-order valence-electron chi connectivity index (χ2n) is 6.75. The molecule has 1 N–H and O–H groups in total. The molecule has 0 amide bonds. The van der Waals surface area contributed by atoms with Gasteiger partial charge in [0.25, 0.3) is 0 Å². The molecule has 1 aromatic heterocycles. The van der Waals surface area contributed by atoms with E-state index in [1.165, 1.54) is 32.1 Å². The highest BCUT2D eigenvalue weighted by atomic mass is 16.4. The smallest absolute Gasteiger partial charge is 0.335 e. The largest absolute Gasteiger partial charge is 0.478 e. The Labute approximate surface area is 141 Å². The number of carboxylic acid groups (broad SMARTS) is 1. The zero-order chi connectivity index (χ0) is 16.7. The van der Waals surface area contributed by atoms with Crippen LogP contribution in [0.4, 0.5) is 11.4 Å². The van der Waals surface area contributed by atoms with E-state index < -0.39 is 5.97 Å². The number of hydrogen-bond acceptors (Lipinski definition) is 4. The van der Waals surface area contributed by atoms with E-state index in [-0.39, 0.29) is 6.17 Å². The first-order chi connectivity index (χ1) is 11.7. The predicted molar refractivity (Wildman–Crippen MR) is 92.6 cm³/mol. The summed E-state index contributed by atoms with van der Waals surface area (Å²) in [5.74, 6) is -0.887. The number of anilines is 2. The summed E-state index contributed by atoms with van der Waals surface area (Å²) in [6, 6.07) is 7.94. The fraction of sp³-hybridized carbons (Fsp3) is 0.421. The molecule has 126 valence electrons. The normalized spacial score (nSPS) is 21.1. The summed E-state index contributed by atoms with van der Waals surface area (Å²) < 4.78 is 5.32. The van der Waals surface area contributed by atoms with Gasteiger partial charge in [0.2, 0.25) is 0 Å². The summed E-state index contributed by atoms with van der Waals surface area (Å²) in [6.45, 7) is 0. The van der Waals surface area contributed by atoms with Gasteiger partial charge >= 0.3 is 5.97 Å². The average Bonchev–Trinajstić information content (AvgIpc) is 3.22. The minimum atomic E-state index is -0.887. The molecule has 1 aromatic carbocycles. The topological polar surface area (TPSA) is 56.9 Å². The minimum absolute atomic E-state index is 0.0610. The molecule has 5 heteroatoms. The molecule has 1 atom stereocenters. The van der Waals surface area contributed by atoms with Crippen LogP contribution in [0, 0.1) is 0 Å². The van der Waals surface area contributed by atoms with Crippen molar-refractivity contribution in [3.05, 3.63) is 47.9 Å².